The molecular formula is C21H27N3O4. The van der Waals surface area contributed by atoms with Crippen LogP contribution in [0.4, 0.5) is 0 Å². The Morgan fingerprint density at radius 1 is 1.18 bits per heavy atom. The molecule has 28 heavy (non-hydrogen) atoms. The minimum absolute atomic E-state index is 0.144. The van der Waals surface area contributed by atoms with Crippen LogP contribution >= 0.6 is 0 Å². The summed E-state index contributed by atoms with van der Waals surface area (Å²) in [7, 11) is 1.65. The van der Waals surface area contributed by atoms with Crippen LogP contribution in [0.3, 0.4) is 0 Å². The standard InChI is InChI=1S/C21H27N3O4/c1-26-18-5-2-15(3-6-18)4-7-19(25)24-11-8-17(14-24)21-22-20(23-28-21)16-9-12-27-13-10-16/h2-3,5-6,16-17H,4,7-14H2,1H3. The summed E-state index contributed by atoms with van der Waals surface area (Å²) in [5.41, 5.74) is 1.14. The highest BCUT2D eigenvalue weighted by Crippen LogP contribution is 2.30. The quantitative estimate of drug-likeness (QED) is 0.761. The average molecular weight is 385 g/mol. The number of aromatic nitrogens is 2. The van der Waals surface area contributed by atoms with E-state index in [1.807, 2.05) is 29.2 Å². The lowest BCUT2D eigenvalue weighted by atomic mass is 10.00. The fourth-order valence-corrected chi connectivity index (χ4v) is 3.92. The highest BCUT2D eigenvalue weighted by atomic mass is 16.5. The Bertz CT molecular complexity index is 783. The Balaban J connectivity index is 1.28. The van der Waals surface area contributed by atoms with Gasteiger partial charge in [0.15, 0.2) is 5.82 Å². The molecule has 7 heteroatoms. The zero-order valence-corrected chi connectivity index (χ0v) is 16.3. The minimum atomic E-state index is 0.144. The molecular weight excluding hydrogens is 358 g/mol. The van der Waals surface area contributed by atoms with Crippen molar-refractivity contribution in [3.05, 3.63) is 41.5 Å². The lowest BCUT2D eigenvalue weighted by molar-refractivity contribution is -0.130. The maximum atomic E-state index is 12.6. The molecule has 150 valence electrons. The number of methoxy groups -OCH3 is 1. The van der Waals surface area contributed by atoms with E-state index >= 15 is 0 Å². The molecule has 0 radical (unpaired) electrons. The van der Waals surface area contributed by atoms with Gasteiger partial charge in [0.25, 0.3) is 0 Å². The summed E-state index contributed by atoms with van der Waals surface area (Å²) < 4.78 is 16.1. The molecule has 2 aliphatic heterocycles. The lowest BCUT2D eigenvalue weighted by Gasteiger charge is -2.18. The highest BCUT2D eigenvalue weighted by molar-refractivity contribution is 5.76. The lowest BCUT2D eigenvalue weighted by Crippen LogP contribution is -2.28. The number of benzene rings is 1. The molecule has 2 aromatic rings. The number of carbonyl (C=O) groups is 1. The van der Waals surface area contributed by atoms with Crippen molar-refractivity contribution in [3.63, 3.8) is 0 Å². The van der Waals surface area contributed by atoms with Crippen LogP contribution in [0, 0.1) is 0 Å². The number of carbonyl (C=O) groups excluding carboxylic acids is 1. The maximum absolute atomic E-state index is 12.6. The largest absolute Gasteiger partial charge is 0.497 e. The summed E-state index contributed by atoms with van der Waals surface area (Å²) in [4.78, 5) is 19.2. The number of rotatable bonds is 6. The second kappa shape index (κ2) is 8.73. The molecule has 0 aliphatic carbocycles. The van der Waals surface area contributed by atoms with E-state index in [0.29, 0.717) is 24.8 Å². The topological polar surface area (TPSA) is 77.7 Å². The van der Waals surface area contributed by atoms with E-state index in [0.717, 1.165) is 62.6 Å². The highest BCUT2D eigenvalue weighted by Gasteiger charge is 2.32. The third kappa shape index (κ3) is 4.35. The molecule has 1 unspecified atom stereocenters. The summed E-state index contributed by atoms with van der Waals surface area (Å²) in [6.07, 6.45) is 4.01. The fraction of sp³-hybridized carbons (Fsp3) is 0.571. The van der Waals surface area contributed by atoms with Gasteiger partial charge in [0, 0.05) is 38.6 Å². The van der Waals surface area contributed by atoms with E-state index in [1.54, 1.807) is 7.11 Å². The second-order valence-corrected chi connectivity index (χ2v) is 7.55. The summed E-state index contributed by atoms with van der Waals surface area (Å²) in [6, 6.07) is 7.87. The van der Waals surface area contributed by atoms with Gasteiger partial charge < -0.3 is 18.9 Å². The van der Waals surface area contributed by atoms with Gasteiger partial charge in [0.1, 0.15) is 5.75 Å². The number of nitrogens with zero attached hydrogens (tertiary/aromatic N) is 3. The first-order valence-electron chi connectivity index (χ1n) is 10.0. The Hall–Kier alpha value is -2.41. The van der Waals surface area contributed by atoms with Crippen LogP contribution in [0.1, 0.15) is 54.8 Å². The first kappa shape index (κ1) is 18.9. The number of hydrogen-bond acceptors (Lipinski definition) is 6. The molecule has 0 bridgehead atoms. The molecule has 3 heterocycles. The van der Waals surface area contributed by atoms with E-state index in [-0.39, 0.29) is 11.8 Å². The molecule has 0 N–H and O–H groups in total. The van der Waals surface area contributed by atoms with Gasteiger partial charge in [-0.15, -0.1) is 0 Å². The van der Waals surface area contributed by atoms with Crippen LogP contribution in [0.5, 0.6) is 5.75 Å². The zero-order valence-electron chi connectivity index (χ0n) is 16.3. The maximum Gasteiger partial charge on any atom is 0.231 e. The Morgan fingerprint density at radius 3 is 2.71 bits per heavy atom. The van der Waals surface area contributed by atoms with E-state index in [1.165, 1.54) is 0 Å². The van der Waals surface area contributed by atoms with Crippen LogP contribution in [0.2, 0.25) is 0 Å². The summed E-state index contributed by atoms with van der Waals surface area (Å²) in [5.74, 6) is 2.95. The Kier molecular flexibility index (Phi) is 5.90. The number of likely N-dealkylation sites (tertiary alicyclic amines) is 1. The number of ether oxygens (including phenoxy) is 2. The summed E-state index contributed by atoms with van der Waals surface area (Å²) in [5, 5.41) is 4.19. The fourth-order valence-electron chi connectivity index (χ4n) is 3.92. The summed E-state index contributed by atoms with van der Waals surface area (Å²) in [6.45, 7) is 2.93. The molecule has 7 nitrogen and oxygen atoms in total. The molecule has 1 aromatic carbocycles. The predicted octanol–water partition coefficient (Wildman–Crippen LogP) is 2.92. The molecule has 1 amide bonds. The van der Waals surface area contributed by atoms with Crippen LogP contribution in [0.25, 0.3) is 0 Å². The zero-order chi connectivity index (χ0) is 19.3. The van der Waals surface area contributed by atoms with E-state index < -0.39 is 0 Å². The third-order valence-corrected chi connectivity index (χ3v) is 5.72. The van der Waals surface area contributed by atoms with Crippen LogP contribution in [0.15, 0.2) is 28.8 Å². The van der Waals surface area contributed by atoms with Crippen molar-refractivity contribution in [3.8, 4) is 5.75 Å². The molecule has 0 saturated carbocycles. The molecule has 2 fully saturated rings. The molecule has 0 spiro atoms. The molecule has 4 rings (SSSR count). The SMILES string of the molecule is COc1ccc(CCC(=O)N2CCC(c3nc(C4CCOCC4)no3)C2)cc1. The first-order chi connectivity index (χ1) is 13.7. The van der Waals surface area contributed by atoms with Crippen LogP contribution < -0.4 is 4.74 Å². The van der Waals surface area contributed by atoms with Gasteiger partial charge in [-0.2, -0.15) is 4.98 Å². The third-order valence-electron chi connectivity index (χ3n) is 5.72. The van der Waals surface area contributed by atoms with Crippen molar-refractivity contribution in [2.75, 3.05) is 33.4 Å². The van der Waals surface area contributed by atoms with Crippen molar-refractivity contribution in [2.24, 2.45) is 0 Å². The normalized spacial score (nSPS) is 20.5. The first-order valence-corrected chi connectivity index (χ1v) is 10.0. The smallest absolute Gasteiger partial charge is 0.231 e. The molecule has 2 saturated heterocycles. The van der Waals surface area contributed by atoms with E-state index in [2.05, 4.69) is 10.1 Å². The Morgan fingerprint density at radius 2 is 1.96 bits per heavy atom. The van der Waals surface area contributed by atoms with Crippen molar-refractivity contribution in [2.45, 2.75) is 43.9 Å². The Labute approximate surface area is 165 Å². The van der Waals surface area contributed by atoms with E-state index in [9.17, 15) is 4.79 Å². The number of hydrogen-bond donors (Lipinski definition) is 0. The second-order valence-electron chi connectivity index (χ2n) is 7.55. The average Bonchev–Trinajstić information content (AvgIpc) is 3.43. The monoisotopic (exact) mass is 385 g/mol. The van der Waals surface area contributed by atoms with Crippen molar-refractivity contribution in [1.29, 1.82) is 0 Å². The molecule has 1 atom stereocenters. The van der Waals surface area contributed by atoms with Gasteiger partial charge in [0.05, 0.1) is 13.0 Å². The van der Waals surface area contributed by atoms with Crippen molar-refractivity contribution in [1.82, 2.24) is 15.0 Å². The molecule has 2 aliphatic rings. The van der Waals surface area contributed by atoms with Crippen molar-refractivity contribution < 1.29 is 18.8 Å². The van der Waals surface area contributed by atoms with Crippen LogP contribution in [-0.2, 0) is 16.0 Å². The number of amides is 1. The van der Waals surface area contributed by atoms with E-state index in [4.69, 9.17) is 14.0 Å². The van der Waals surface area contributed by atoms with Crippen molar-refractivity contribution >= 4 is 5.91 Å². The van der Waals surface area contributed by atoms with Gasteiger partial charge in [-0.25, -0.2) is 0 Å². The van der Waals surface area contributed by atoms with Gasteiger partial charge in [0.2, 0.25) is 11.8 Å². The summed E-state index contributed by atoms with van der Waals surface area (Å²) >= 11 is 0. The van der Waals surface area contributed by atoms with Gasteiger partial charge in [-0.3, -0.25) is 4.79 Å². The minimum Gasteiger partial charge on any atom is -0.497 e. The molecule has 1 aromatic heterocycles. The van der Waals surface area contributed by atoms with Gasteiger partial charge in [-0.1, -0.05) is 17.3 Å². The van der Waals surface area contributed by atoms with Gasteiger partial charge >= 0.3 is 0 Å². The van der Waals surface area contributed by atoms with Crippen LogP contribution in [-0.4, -0.2) is 54.4 Å². The van der Waals surface area contributed by atoms with Gasteiger partial charge in [-0.05, 0) is 43.4 Å². The number of aryl methyl sites for hydroxylation is 1. The predicted molar refractivity (Wildman–Crippen MR) is 102 cm³/mol.